The maximum Gasteiger partial charge on any atom is 0.251 e. The molecule has 3 aliphatic rings. The van der Waals surface area contributed by atoms with Crippen molar-refractivity contribution in [3.8, 4) is 22.6 Å². The van der Waals surface area contributed by atoms with E-state index < -0.39 is 73.4 Å². The Labute approximate surface area is 310 Å². The first-order valence-electron chi connectivity index (χ1n) is 17.2. The van der Waals surface area contributed by atoms with Crippen molar-refractivity contribution in [2.75, 3.05) is 26.4 Å². The molecule has 6 rings (SSSR count). The van der Waals surface area contributed by atoms with E-state index in [1.54, 1.807) is 42.5 Å². The van der Waals surface area contributed by atoms with Crippen molar-refractivity contribution in [1.82, 2.24) is 5.32 Å². The minimum absolute atomic E-state index is 0.0612. The molecule has 2 saturated heterocycles. The van der Waals surface area contributed by atoms with Gasteiger partial charge in [-0.25, -0.2) is 0 Å². The van der Waals surface area contributed by atoms with Crippen molar-refractivity contribution >= 4 is 5.91 Å². The molecule has 286 valence electrons. The second-order valence-electron chi connectivity index (χ2n) is 12.9. The first kappa shape index (κ1) is 38.9. The topological polar surface area (TPSA) is 234 Å². The summed E-state index contributed by atoms with van der Waals surface area (Å²) in [5.74, 6) is -1.89. The molecule has 0 bridgehead atoms. The van der Waals surface area contributed by atoms with E-state index in [9.17, 15) is 35.9 Å². The molecule has 0 aliphatic carbocycles. The standard InChI is InChI=1S/C38H42N4O12/c1-3-14-49-25-16-24-20-51-38(29(24)26(17-25)50-15-4-2)35(47)30(41-42-39)34(28(19-43)54-38)53-37-33(46)32(45)31(44)27(52-37)18-40-36(48)23-12-10-22(11-13-23)21-8-6-5-7-9-21/h3-13,16-17,27-28,30-35,37,43-47H,1-2,14-15,18-20H2,(H,40,48)/t27-,28-,30?,31?,32?,33?,34?,35?,37?,38?/m1/s1. The van der Waals surface area contributed by atoms with Crippen LogP contribution in [0.25, 0.3) is 21.6 Å². The summed E-state index contributed by atoms with van der Waals surface area (Å²) < 4.78 is 35.9. The smallest absolute Gasteiger partial charge is 0.251 e. The quantitative estimate of drug-likeness (QED) is 0.0603. The third-order valence-electron chi connectivity index (χ3n) is 9.46. The lowest BCUT2D eigenvalue weighted by Gasteiger charge is -2.50. The summed E-state index contributed by atoms with van der Waals surface area (Å²) >= 11 is 0. The zero-order valence-corrected chi connectivity index (χ0v) is 29.1. The Morgan fingerprint density at radius 2 is 1.67 bits per heavy atom. The van der Waals surface area contributed by atoms with Gasteiger partial charge in [-0.05, 0) is 40.4 Å². The van der Waals surface area contributed by atoms with E-state index >= 15 is 0 Å². The second-order valence-corrected chi connectivity index (χ2v) is 12.9. The van der Waals surface area contributed by atoms with Gasteiger partial charge in [-0.2, -0.15) is 0 Å². The number of azide groups is 1. The number of aliphatic hydroxyl groups is 5. The molecule has 16 nitrogen and oxygen atoms in total. The fourth-order valence-corrected chi connectivity index (χ4v) is 6.82. The zero-order valence-electron chi connectivity index (χ0n) is 29.1. The SMILES string of the molecule is C=CCOc1cc2c(c(OCC=C)c1)C1(OC2)O[C@H](CO)C(OC2O[C@H](CNC(=O)c3ccc(-c4ccccc4)cc3)C(O)C(O)C2O)C(N=[N+]=[N-])C1O. The highest BCUT2D eigenvalue weighted by atomic mass is 16.7. The molecule has 3 aliphatic heterocycles. The van der Waals surface area contributed by atoms with Crippen LogP contribution in [0.2, 0.25) is 0 Å². The molecule has 0 aromatic heterocycles. The predicted molar refractivity (Wildman–Crippen MR) is 191 cm³/mol. The summed E-state index contributed by atoms with van der Waals surface area (Å²) in [5, 5.41) is 61.4. The number of hydrogen-bond acceptors (Lipinski definition) is 13. The summed E-state index contributed by atoms with van der Waals surface area (Å²) in [7, 11) is 0. The fraction of sp³-hybridized carbons (Fsp3) is 0.395. The molecule has 2 fully saturated rings. The van der Waals surface area contributed by atoms with E-state index in [2.05, 4.69) is 28.5 Å². The lowest BCUT2D eigenvalue weighted by Crippen LogP contribution is -2.66. The molecule has 8 unspecified atom stereocenters. The normalized spacial score (nSPS) is 30.1. The molecule has 3 aromatic carbocycles. The molecule has 3 aromatic rings. The van der Waals surface area contributed by atoms with Gasteiger partial charge in [0.05, 0.1) is 24.8 Å². The number of nitrogens with one attached hydrogen (secondary N) is 1. The highest BCUT2D eigenvalue weighted by molar-refractivity contribution is 5.94. The van der Waals surface area contributed by atoms with Crippen LogP contribution < -0.4 is 14.8 Å². The zero-order chi connectivity index (χ0) is 38.4. The number of benzene rings is 3. The number of rotatable bonds is 14. The Balaban J connectivity index is 1.20. The number of amides is 1. The van der Waals surface area contributed by atoms with Crippen molar-refractivity contribution in [3.63, 3.8) is 0 Å². The number of carbonyl (C=O) groups is 1. The van der Waals surface area contributed by atoms with Gasteiger partial charge in [0.25, 0.3) is 5.91 Å². The molecule has 1 spiro atoms. The Morgan fingerprint density at radius 1 is 0.963 bits per heavy atom. The van der Waals surface area contributed by atoms with Crippen LogP contribution in [-0.2, 0) is 31.3 Å². The summed E-state index contributed by atoms with van der Waals surface area (Å²) in [6, 6.07) is 18.2. The van der Waals surface area contributed by atoms with Gasteiger partial charge in [0.1, 0.15) is 67.4 Å². The summed E-state index contributed by atoms with van der Waals surface area (Å²) in [5.41, 5.74) is 12.6. The van der Waals surface area contributed by atoms with Crippen LogP contribution in [0.3, 0.4) is 0 Å². The van der Waals surface area contributed by atoms with Gasteiger partial charge < -0.3 is 59.3 Å². The van der Waals surface area contributed by atoms with Gasteiger partial charge >= 0.3 is 0 Å². The van der Waals surface area contributed by atoms with Crippen LogP contribution in [0.4, 0.5) is 0 Å². The maximum absolute atomic E-state index is 13.0. The van der Waals surface area contributed by atoms with E-state index in [0.717, 1.165) is 11.1 Å². The lowest BCUT2D eigenvalue weighted by atomic mass is 9.85. The fourth-order valence-electron chi connectivity index (χ4n) is 6.82. The number of aliphatic hydroxyl groups excluding tert-OH is 5. The maximum atomic E-state index is 13.0. The van der Waals surface area contributed by atoms with Crippen LogP contribution in [0.15, 0.2) is 97.2 Å². The van der Waals surface area contributed by atoms with Crippen LogP contribution >= 0.6 is 0 Å². The van der Waals surface area contributed by atoms with Crippen molar-refractivity contribution < 1.29 is 58.7 Å². The molecule has 16 heteroatoms. The molecular formula is C38H42N4O12. The Morgan fingerprint density at radius 3 is 2.35 bits per heavy atom. The molecule has 0 saturated carbocycles. The molecule has 1 amide bonds. The number of carbonyl (C=O) groups excluding carboxylic acids is 1. The number of ether oxygens (including phenoxy) is 6. The van der Waals surface area contributed by atoms with E-state index in [1.165, 1.54) is 6.08 Å². The van der Waals surface area contributed by atoms with Crippen molar-refractivity contribution in [3.05, 3.63) is 119 Å². The lowest BCUT2D eigenvalue weighted by molar-refractivity contribution is -0.377. The summed E-state index contributed by atoms with van der Waals surface area (Å²) in [6.07, 6.45) is -9.91. The van der Waals surface area contributed by atoms with Gasteiger partial charge in [-0.15, -0.1) is 0 Å². The molecule has 10 atom stereocenters. The summed E-state index contributed by atoms with van der Waals surface area (Å²) in [6.45, 7) is 6.45. The van der Waals surface area contributed by atoms with Crippen molar-refractivity contribution in [2.45, 2.75) is 67.5 Å². The van der Waals surface area contributed by atoms with Crippen molar-refractivity contribution in [1.29, 1.82) is 0 Å². The van der Waals surface area contributed by atoms with Crippen molar-refractivity contribution in [2.24, 2.45) is 5.11 Å². The van der Waals surface area contributed by atoms with Crippen LogP contribution in [0.5, 0.6) is 11.5 Å². The highest BCUT2D eigenvalue weighted by Gasteiger charge is 2.61. The van der Waals surface area contributed by atoms with E-state index in [1.807, 2.05) is 30.3 Å². The number of fused-ring (bicyclic) bond motifs is 2. The largest absolute Gasteiger partial charge is 0.489 e. The first-order valence-corrected chi connectivity index (χ1v) is 17.2. The van der Waals surface area contributed by atoms with E-state index in [4.69, 9.17) is 28.4 Å². The van der Waals surface area contributed by atoms with Gasteiger partial charge in [0, 0.05) is 23.1 Å². The monoisotopic (exact) mass is 746 g/mol. The minimum atomic E-state index is -2.03. The van der Waals surface area contributed by atoms with Crippen LogP contribution in [0, 0.1) is 0 Å². The number of nitrogens with zero attached hydrogens (tertiary/aromatic N) is 3. The second kappa shape index (κ2) is 17.1. The third-order valence-corrected chi connectivity index (χ3v) is 9.46. The highest BCUT2D eigenvalue weighted by Crippen LogP contribution is 2.52. The molecule has 3 heterocycles. The van der Waals surface area contributed by atoms with Gasteiger partial charge in [0.15, 0.2) is 6.29 Å². The Bertz CT molecular complexity index is 1840. The third kappa shape index (κ3) is 7.71. The molecular weight excluding hydrogens is 704 g/mol. The molecule has 6 N–H and O–H groups in total. The van der Waals surface area contributed by atoms with Crippen LogP contribution in [0.1, 0.15) is 21.5 Å². The first-order chi connectivity index (χ1) is 26.1. The van der Waals surface area contributed by atoms with Gasteiger partial charge in [0.2, 0.25) is 5.79 Å². The molecule has 0 radical (unpaired) electrons. The molecule has 54 heavy (non-hydrogen) atoms. The average Bonchev–Trinajstić information content (AvgIpc) is 3.57. The van der Waals surface area contributed by atoms with Crippen LogP contribution in [-0.4, -0.2) is 113 Å². The van der Waals surface area contributed by atoms with E-state index in [-0.39, 0.29) is 37.7 Å². The average molecular weight is 747 g/mol. The Hall–Kier alpha value is -4.84. The Kier molecular flexibility index (Phi) is 12.3. The number of hydrogen-bond donors (Lipinski definition) is 6. The van der Waals surface area contributed by atoms with E-state index in [0.29, 0.717) is 16.9 Å². The minimum Gasteiger partial charge on any atom is -0.489 e. The van der Waals surface area contributed by atoms with Gasteiger partial charge in [-0.3, -0.25) is 4.79 Å². The predicted octanol–water partition coefficient (Wildman–Crippen LogP) is 2.22. The summed E-state index contributed by atoms with van der Waals surface area (Å²) in [4.78, 5) is 15.9. The van der Waals surface area contributed by atoms with Gasteiger partial charge in [-0.1, -0.05) is 72.9 Å².